The molecule has 0 saturated heterocycles. The first-order valence-corrected chi connectivity index (χ1v) is 10.1. The van der Waals surface area contributed by atoms with Crippen LogP contribution in [0.4, 0.5) is 29.0 Å². The molecule has 0 spiro atoms. The molecule has 0 atom stereocenters. The molecule has 1 amide bonds. The number of para-hydroxylation sites is 1. The van der Waals surface area contributed by atoms with Crippen molar-refractivity contribution < 1.29 is 4.79 Å². The topological polar surface area (TPSA) is 104 Å². The smallest absolute Gasteiger partial charge is 0.307 e. The molecule has 0 saturated carbocycles. The molecule has 0 bridgehead atoms. The average molecular weight is 425 g/mol. The molecule has 1 aromatic heterocycles. The van der Waals surface area contributed by atoms with Gasteiger partial charge in [-0.1, -0.05) is 53.6 Å². The summed E-state index contributed by atoms with van der Waals surface area (Å²) in [6.45, 7) is 4.02. The molecule has 0 aliphatic heterocycles. The van der Waals surface area contributed by atoms with Crippen molar-refractivity contribution in [2.24, 2.45) is 0 Å². The summed E-state index contributed by atoms with van der Waals surface area (Å²) < 4.78 is 0. The molecule has 0 aliphatic carbocycles. The van der Waals surface area contributed by atoms with Crippen LogP contribution in [0.3, 0.4) is 0 Å². The molecular weight excluding hydrogens is 402 g/mol. The molecule has 0 radical (unpaired) electrons. The summed E-state index contributed by atoms with van der Waals surface area (Å²) in [6, 6.07) is 24.9. The highest BCUT2D eigenvalue weighted by Gasteiger charge is 2.14. The first kappa shape index (κ1) is 20.8. The number of rotatable bonds is 7. The number of amides is 1. The fraction of sp³-hybridized carbons (Fsp3) is 0.0833. The summed E-state index contributed by atoms with van der Waals surface area (Å²) >= 11 is 0. The minimum Gasteiger partial charge on any atom is -0.324 e. The minimum atomic E-state index is -0.491. The predicted molar refractivity (Wildman–Crippen MR) is 126 cm³/mol. The number of hydrogen-bond donors (Lipinski definition) is 4. The van der Waals surface area contributed by atoms with E-state index in [1.54, 1.807) is 0 Å². The van der Waals surface area contributed by atoms with Crippen molar-refractivity contribution in [2.75, 3.05) is 16.1 Å². The van der Waals surface area contributed by atoms with Gasteiger partial charge in [0.1, 0.15) is 0 Å². The lowest BCUT2D eigenvalue weighted by Gasteiger charge is -2.12. The number of anilines is 5. The summed E-state index contributed by atoms with van der Waals surface area (Å²) in [5, 5.41) is 6.27. The number of aromatic nitrogens is 3. The zero-order valence-electron chi connectivity index (χ0n) is 17.8. The number of nitrogens with one attached hydrogen (secondary N) is 4. The van der Waals surface area contributed by atoms with Gasteiger partial charge >= 0.3 is 5.91 Å². The van der Waals surface area contributed by atoms with Crippen LogP contribution < -0.4 is 21.5 Å². The fourth-order valence-corrected chi connectivity index (χ4v) is 2.83. The fourth-order valence-electron chi connectivity index (χ4n) is 2.83. The van der Waals surface area contributed by atoms with Crippen LogP contribution in [-0.4, -0.2) is 20.9 Å². The van der Waals surface area contributed by atoms with E-state index in [1.165, 1.54) is 0 Å². The van der Waals surface area contributed by atoms with Gasteiger partial charge in [-0.15, -0.1) is 0 Å². The van der Waals surface area contributed by atoms with E-state index in [0.717, 1.165) is 28.2 Å². The molecule has 8 nitrogen and oxygen atoms in total. The number of benzene rings is 3. The van der Waals surface area contributed by atoms with Crippen molar-refractivity contribution in [3.8, 4) is 0 Å². The van der Waals surface area contributed by atoms with Crippen LogP contribution in [0, 0.1) is 13.8 Å². The summed E-state index contributed by atoms with van der Waals surface area (Å²) in [7, 11) is 0. The minimum absolute atomic E-state index is 0.0346. The van der Waals surface area contributed by atoms with Crippen molar-refractivity contribution >= 4 is 34.9 Å². The molecule has 4 N–H and O–H groups in total. The Morgan fingerprint density at radius 1 is 0.625 bits per heavy atom. The third kappa shape index (κ3) is 5.57. The van der Waals surface area contributed by atoms with Gasteiger partial charge < -0.3 is 10.6 Å². The van der Waals surface area contributed by atoms with Crippen molar-refractivity contribution in [1.82, 2.24) is 20.4 Å². The standard InChI is InChI=1S/C24H23N7O/c1-16-8-12-18(13-9-16)25-23-27-21(22(32)31-30-20-6-4-3-5-7-20)28-24(29-23)26-19-14-10-17(2)11-15-19/h3-15,30H,1-2H3,(H,31,32)(H2,25,26,27,28,29). The van der Waals surface area contributed by atoms with Crippen LogP contribution in [0.15, 0.2) is 78.9 Å². The first-order chi connectivity index (χ1) is 15.5. The molecule has 1 heterocycles. The number of hydrogen-bond acceptors (Lipinski definition) is 7. The molecule has 160 valence electrons. The van der Waals surface area contributed by atoms with E-state index in [0.29, 0.717) is 0 Å². The maximum absolute atomic E-state index is 12.7. The van der Waals surface area contributed by atoms with Gasteiger partial charge in [-0.3, -0.25) is 15.6 Å². The van der Waals surface area contributed by atoms with E-state index in [4.69, 9.17) is 0 Å². The second-order valence-electron chi connectivity index (χ2n) is 7.23. The van der Waals surface area contributed by atoms with Crippen LogP contribution >= 0.6 is 0 Å². The molecule has 32 heavy (non-hydrogen) atoms. The van der Waals surface area contributed by atoms with Gasteiger partial charge in [-0.25, -0.2) is 0 Å². The maximum Gasteiger partial charge on any atom is 0.307 e. The Bertz CT molecular complexity index is 1130. The molecule has 0 unspecified atom stereocenters. The van der Waals surface area contributed by atoms with E-state index in [2.05, 4.69) is 36.4 Å². The molecule has 4 rings (SSSR count). The van der Waals surface area contributed by atoms with Crippen molar-refractivity contribution in [2.45, 2.75) is 13.8 Å². The van der Waals surface area contributed by atoms with Gasteiger partial charge in [-0.2, -0.15) is 15.0 Å². The summed E-state index contributed by atoms with van der Waals surface area (Å²) in [6.07, 6.45) is 0. The Kier molecular flexibility index (Phi) is 6.22. The number of nitrogens with zero attached hydrogens (tertiary/aromatic N) is 3. The van der Waals surface area contributed by atoms with Crippen LogP contribution in [0.25, 0.3) is 0 Å². The van der Waals surface area contributed by atoms with Crippen LogP contribution in [0.5, 0.6) is 0 Å². The van der Waals surface area contributed by atoms with Crippen LogP contribution in [0.1, 0.15) is 21.7 Å². The lowest BCUT2D eigenvalue weighted by molar-refractivity contribution is 0.0952. The highest BCUT2D eigenvalue weighted by Crippen LogP contribution is 2.18. The lowest BCUT2D eigenvalue weighted by atomic mass is 10.2. The Morgan fingerprint density at radius 2 is 1.12 bits per heavy atom. The summed E-state index contributed by atoms with van der Waals surface area (Å²) in [5.41, 5.74) is 10.1. The average Bonchev–Trinajstić information content (AvgIpc) is 2.81. The zero-order valence-corrected chi connectivity index (χ0v) is 17.8. The third-order valence-corrected chi connectivity index (χ3v) is 4.55. The quantitative estimate of drug-likeness (QED) is 0.317. The van der Waals surface area contributed by atoms with Gasteiger partial charge in [0.15, 0.2) is 0 Å². The Morgan fingerprint density at radius 3 is 1.62 bits per heavy atom. The van der Waals surface area contributed by atoms with Gasteiger partial charge in [-0.05, 0) is 50.2 Å². The van der Waals surface area contributed by atoms with Crippen molar-refractivity contribution in [3.63, 3.8) is 0 Å². The lowest BCUT2D eigenvalue weighted by Crippen LogP contribution is -2.31. The number of hydrazine groups is 1. The van der Waals surface area contributed by atoms with E-state index in [1.807, 2.05) is 92.7 Å². The molecule has 0 fully saturated rings. The number of carbonyl (C=O) groups excluding carboxylic acids is 1. The van der Waals surface area contributed by atoms with E-state index < -0.39 is 5.91 Å². The zero-order chi connectivity index (χ0) is 22.3. The summed E-state index contributed by atoms with van der Waals surface area (Å²) in [4.78, 5) is 25.7. The number of carbonyl (C=O) groups is 1. The van der Waals surface area contributed by atoms with Crippen LogP contribution in [0.2, 0.25) is 0 Å². The van der Waals surface area contributed by atoms with E-state index in [9.17, 15) is 4.79 Å². The van der Waals surface area contributed by atoms with Gasteiger partial charge in [0.25, 0.3) is 0 Å². The Balaban J connectivity index is 1.58. The molecular formula is C24H23N7O. The van der Waals surface area contributed by atoms with Gasteiger partial charge in [0, 0.05) is 11.4 Å². The maximum atomic E-state index is 12.7. The predicted octanol–water partition coefficient (Wildman–Crippen LogP) is 4.73. The Hall–Kier alpha value is -4.46. The largest absolute Gasteiger partial charge is 0.324 e. The first-order valence-electron chi connectivity index (χ1n) is 10.1. The molecule has 4 aromatic rings. The molecule has 0 aliphatic rings. The second kappa shape index (κ2) is 9.57. The van der Waals surface area contributed by atoms with Crippen LogP contribution in [-0.2, 0) is 0 Å². The number of aryl methyl sites for hydroxylation is 2. The molecule has 3 aromatic carbocycles. The summed E-state index contributed by atoms with van der Waals surface area (Å²) in [5.74, 6) is -0.0190. The monoisotopic (exact) mass is 425 g/mol. The van der Waals surface area contributed by atoms with Crippen molar-refractivity contribution in [3.05, 3.63) is 95.8 Å². The third-order valence-electron chi connectivity index (χ3n) is 4.55. The SMILES string of the molecule is Cc1ccc(Nc2nc(Nc3ccc(C)cc3)nc(C(=O)NNc3ccccc3)n2)cc1. The normalized spacial score (nSPS) is 10.3. The van der Waals surface area contributed by atoms with E-state index >= 15 is 0 Å². The highest BCUT2D eigenvalue weighted by molar-refractivity contribution is 5.91. The molecule has 8 heteroatoms. The van der Waals surface area contributed by atoms with Crippen molar-refractivity contribution in [1.29, 1.82) is 0 Å². The second-order valence-corrected chi connectivity index (χ2v) is 7.23. The highest BCUT2D eigenvalue weighted by atomic mass is 16.2. The Labute approximate surface area is 186 Å². The van der Waals surface area contributed by atoms with E-state index in [-0.39, 0.29) is 17.7 Å². The van der Waals surface area contributed by atoms with Gasteiger partial charge in [0.2, 0.25) is 17.7 Å². The van der Waals surface area contributed by atoms with Gasteiger partial charge in [0.05, 0.1) is 5.69 Å².